The zero-order valence-corrected chi connectivity index (χ0v) is 14.2. The van der Waals surface area contributed by atoms with E-state index in [0.29, 0.717) is 11.5 Å². The third kappa shape index (κ3) is 5.39. The summed E-state index contributed by atoms with van der Waals surface area (Å²) in [5, 5.41) is 0. The van der Waals surface area contributed by atoms with Gasteiger partial charge in [0.05, 0.1) is 20.8 Å². The zero-order valence-electron chi connectivity index (χ0n) is 11.1. The number of ether oxygens (including phenoxy) is 3. The summed E-state index contributed by atoms with van der Waals surface area (Å²) in [5.74, 6) is 0.734. The van der Waals surface area contributed by atoms with Crippen LogP contribution in [0.25, 0.3) is 0 Å². The molecule has 0 aliphatic carbocycles. The smallest absolute Gasteiger partial charge is 0.493 e. The summed E-state index contributed by atoms with van der Waals surface area (Å²) in [6.07, 6.45) is 0. The van der Waals surface area contributed by atoms with E-state index in [1.165, 1.54) is 14.2 Å². The molecule has 0 unspecified atom stereocenters. The van der Waals surface area contributed by atoms with E-state index in [-0.39, 0.29) is 57.1 Å². The third-order valence-corrected chi connectivity index (χ3v) is 2.25. The van der Waals surface area contributed by atoms with Gasteiger partial charge >= 0.3 is 58.4 Å². The van der Waals surface area contributed by atoms with Crippen LogP contribution in [-0.4, -0.2) is 27.8 Å². The molecule has 0 saturated heterocycles. The van der Waals surface area contributed by atoms with Crippen LogP contribution in [0.1, 0.15) is 0 Å². The number of hydrogen-bond donors (Lipinski definition) is 0. The Morgan fingerprint density at radius 2 is 1.63 bits per heavy atom. The Bertz CT molecular complexity index is 415. The Balaban J connectivity index is 0.00000324. The molecule has 0 fully saturated rings. The minimum absolute atomic E-state index is 0. The molecule has 0 saturated carbocycles. The van der Waals surface area contributed by atoms with Crippen LogP contribution in [0.2, 0.25) is 0 Å². The molecule has 3 nitrogen and oxygen atoms in total. The Morgan fingerprint density at radius 3 is 2.00 bits per heavy atom. The molecule has 0 N–H and O–H groups in total. The molecule has 0 aromatic heterocycles. The maximum Gasteiger partial charge on any atom is 1.00 e. The Morgan fingerprint density at radius 1 is 1.16 bits per heavy atom. The molecule has 0 radical (unpaired) electrons. The summed E-state index contributed by atoms with van der Waals surface area (Å²) in [4.78, 5) is 0. The first kappa shape index (κ1) is 18.9. The molecule has 1 aromatic carbocycles. The topological polar surface area (TPSA) is 27.7 Å². The van der Waals surface area contributed by atoms with Crippen molar-refractivity contribution in [2.75, 3.05) is 20.8 Å². The summed E-state index contributed by atoms with van der Waals surface area (Å²) in [6.45, 7) is -2.81. The van der Waals surface area contributed by atoms with Crippen molar-refractivity contribution >= 4 is 6.98 Å². The maximum absolute atomic E-state index is 12.3. The van der Waals surface area contributed by atoms with Crippen LogP contribution in [0.3, 0.4) is 0 Å². The maximum atomic E-state index is 12.3. The minimum Gasteiger partial charge on any atom is -0.493 e. The Hall–Kier alpha value is -0.149. The summed E-state index contributed by atoms with van der Waals surface area (Å²) in [7, 11) is 2.79. The van der Waals surface area contributed by atoms with Crippen molar-refractivity contribution < 1.29 is 78.5 Å². The molecule has 1 aromatic rings. The average Bonchev–Trinajstić information content (AvgIpc) is 2.34. The van der Waals surface area contributed by atoms with Crippen molar-refractivity contribution in [3.63, 3.8) is 0 Å². The number of hydrogen-bond acceptors (Lipinski definition) is 3. The van der Waals surface area contributed by atoms with Gasteiger partial charge in [-0.15, -0.1) is 12.1 Å². The predicted octanol–water partition coefficient (Wildman–Crippen LogP) is 0.0294. The minimum atomic E-state index is -5.10. The molecule has 0 aliphatic rings. The molecule has 0 heterocycles. The number of rotatable bonds is 6. The molecule has 8 heteroatoms. The normalized spacial score (nSPS) is 10.4. The molecular weight excluding hydrogens is 287 g/mol. The van der Waals surface area contributed by atoms with Crippen LogP contribution in [0.5, 0.6) is 17.2 Å². The van der Waals surface area contributed by atoms with E-state index in [9.17, 15) is 12.9 Å². The van der Waals surface area contributed by atoms with Crippen molar-refractivity contribution in [3.05, 3.63) is 30.3 Å². The van der Waals surface area contributed by atoms with Crippen LogP contribution >= 0.6 is 0 Å². The second-order valence-corrected chi connectivity index (χ2v) is 3.51. The van der Waals surface area contributed by atoms with Gasteiger partial charge in [0, 0.05) is 0 Å². The van der Waals surface area contributed by atoms with Crippen LogP contribution in [0.15, 0.2) is 30.3 Å². The summed E-state index contributed by atoms with van der Waals surface area (Å²) < 4.78 is 52.1. The molecule has 0 amide bonds. The first-order chi connectivity index (χ1) is 8.40. The van der Waals surface area contributed by atoms with Gasteiger partial charge in [0.25, 0.3) is 0 Å². The van der Waals surface area contributed by atoms with E-state index >= 15 is 0 Å². The van der Waals surface area contributed by atoms with E-state index in [4.69, 9.17) is 14.2 Å². The second kappa shape index (κ2) is 8.21. The van der Waals surface area contributed by atoms with Crippen molar-refractivity contribution in [2.24, 2.45) is 0 Å². The fourth-order valence-electron chi connectivity index (χ4n) is 1.22. The fraction of sp³-hybridized carbons (Fsp3) is 0.273. The van der Waals surface area contributed by atoms with Gasteiger partial charge in [-0.3, -0.25) is 0 Å². The van der Waals surface area contributed by atoms with Gasteiger partial charge in [0.15, 0.2) is 11.5 Å². The Kier molecular flexibility index (Phi) is 8.14. The van der Waals surface area contributed by atoms with Crippen LogP contribution < -0.4 is 65.6 Å². The van der Waals surface area contributed by atoms with Gasteiger partial charge < -0.3 is 27.2 Å². The van der Waals surface area contributed by atoms with Gasteiger partial charge in [-0.2, -0.15) is 0 Å². The third-order valence-electron chi connectivity index (χ3n) is 2.25. The monoisotopic (exact) mass is 300 g/mol. The molecule has 1 rings (SSSR count). The van der Waals surface area contributed by atoms with Crippen LogP contribution in [0, 0.1) is 0 Å². The molecule has 0 aliphatic heterocycles. The number of methoxy groups -OCH3 is 2. The fourth-order valence-corrected chi connectivity index (χ4v) is 1.22. The molecule has 100 valence electrons. The number of halogens is 3. The van der Waals surface area contributed by atoms with Crippen molar-refractivity contribution in [1.82, 2.24) is 0 Å². The van der Waals surface area contributed by atoms with Gasteiger partial charge in [-0.05, 0) is 12.1 Å². The van der Waals surface area contributed by atoms with Gasteiger partial charge in [0.1, 0.15) is 0 Å². The van der Waals surface area contributed by atoms with E-state index in [1.807, 2.05) is 0 Å². The average molecular weight is 300 g/mol. The summed E-state index contributed by atoms with van der Waals surface area (Å²) in [6, 6.07) is 4.78. The zero-order chi connectivity index (χ0) is 13.8. The van der Waals surface area contributed by atoms with Crippen molar-refractivity contribution in [1.29, 1.82) is 0 Å². The molecule has 19 heavy (non-hydrogen) atoms. The van der Waals surface area contributed by atoms with E-state index in [0.717, 1.165) is 0 Å². The molecule has 0 bridgehead atoms. The first-order valence-corrected chi connectivity index (χ1v) is 5.11. The van der Waals surface area contributed by atoms with E-state index < -0.39 is 19.1 Å². The van der Waals surface area contributed by atoms with Crippen molar-refractivity contribution in [2.45, 2.75) is 0 Å². The SMILES string of the molecule is C=C(COc1c(OC)cccc1OC)[B-](F)(F)F.[K+]. The molecular formula is C11H13BF3KO3. The quantitative estimate of drug-likeness (QED) is 0.694. The summed E-state index contributed by atoms with van der Waals surface area (Å²) in [5.41, 5.74) is -0.914. The standard InChI is InChI=1S/C11H13BF3O3.K/c1-8(12(13,14)15)7-18-11-9(16-2)5-4-6-10(11)17-3;/h4-6H,1,7H2,2-3H3;/q-1;+1. The van der Waals surface area contributed by atoms with Gasteiger partial charge in [0.2, 0.25) is 5.75 Å². The summed E-state index contributed by atoms with van der Waals surface area (Å²) >= 11 is 0. The molecule has 0 atom stereocenters. The predicted molar refractivity (Wildman–Crippen MR) is 63.3 cm³/mol. The van der Waals surface area contributed by atoms with Gasteiger partial charge in [-0.25, -0.2) is 0 Å². The Labute approximate surface area is 152 Å². The second-order valence-electron chi connectivity index (χ2n) is 3.51. The van der Waals surface area contributed by atoms with Crippen molar-refractivity contribution in [3.8, 4) is 17.2 Å². The van der Waals surface area contributed by atoms with E-state index in [1.54, 1.807) is 18.2 Å². The molecule has 0 spiro atoms. The number of para-hydroxylation sites is 1. The number of benzene rings is 1. The largest absolute Gasteiger partial charge is 1.00 e. The van der Waals surface area contributed by atoms with Gasteiger partial charge in [-0.1, -0.05) is 6.07 Å². The van der Waals surface area contributed by atoms with E-state index in [2.05, 4.69) is 6.58 Å². The van der Waals surface area contributed by atoms with Crippen LogP contribution in [-0.2, 0) is 0 Å². The first-order valence-electron chi connectivity index (χ1n) is 5.11. The van der Waals surface area contributed by atoms with Crippen LogP contribution in [0.4, 0.5) is 12.9 Å².